The zero-order chi connectivity index (χ0) is 51.8. The molecule has 3 N–H and O–H groups in total. The summed E-state index contributed by atoms with van der Waals surface area (Å²) in [6, 6.07) is 0. The molecule has 0 aromatic heterocycles. The average molecular weight is 1010 g/mol. The van der Waals surface area contributed by atoms with Crippen molar-refractivity contribution in [1.29, 1.82) is 0 Å². The van der Waals surface area contributed by atoms with E-state index in [9.17, 15) is 14.7 Å². The Labute approximate surface area is 438 Å². The molecule has 0 aliphatic heterocycles. The number of aliphatic hydroxyl groups excluding tert-OH is 1. The third-order valence-corrected chi connectivity index (χ3v) is 23.3. The summed E-state index contributed by atoms with van der Waals surface area (Å²) in [5.74, 6) is 9.59. The number of hydrogen-bond donors (Lipinski definition) is 3. The zero-order valence-corrected chi connectivity index (χ0v) is 47.7. The third kappa shape index (κ3) is 12.5. The van der Waals surface area contributed by atoms with Crippen LogP contribution in [0.5, 0.6) is 0 Å². The van der Waals surface area contributed by atoms with Gasteiger partial charge in [0.2, 0.25) is 11.8 Å². The molecular weight excluding hydrogens is 905 g/mol. The highest BCUT2D eigenvalue weighted by Crippen LogP contribution is 2.71. The highest BCUT2D eigenvalue weighted by Gasteiger charge is 2.65. The minimum atomic E-state index is -0.122. The minimum absolute atomic E-state index is 0.122. The van der Waals surface area contributed by atoms with Crippen LogP contribution in [0.4, 0.5) is 0 Å². The van der Waals surface area contributed by atoms with E-state index in [0.29, 0.717) is 129 Å². The zero-order valence-electron chi connectivity index (χ0n) is 47.7. The van der Waals surface area contributed by atoms with Crippen LogP contribution < -0.4 is 10.6 Å². The molecule has 8 saturated carbocycles. The van der Waals surface area contributed by atoms with Gasteiger partial charge in [-0.2, -0.15) is 0 Å². The molecule has 20 atom stereocenters. The molecule has 11 nitrogen and oxygen atoms in total. The first-order valence-electron chi connectivity index (χ1n) is 29.9. The lowest BCUT2D eigenvalue weighted by Gasteiger charge is -2.63. The molecule has 0 aromatic carbocycles. The number of fused-ring (bicyclic) bond motifs is 10. The predicted molar refractivity (Wildman–Crippen MR) is 286 cm³/mol. The number of nitrogens with one attached hydrogen (secondary N) is 2. The van der Waals surface area contributed by atoms with Crippen molar-refractivity contribution in [3.05, 3.63) is 0 Å². The van der Waals surface area contributed by atoms with Gasteiger partial charge in [0.15, 0.2) is 0 Å². The summed E-state index contributed by atoms with van der Waals surface area (Å²) >= 11 is 0. The predicted octanol–water partition coefficient (Wildman–Crippen LogP) is 10.9. The molecule has 8 rings (SSSR count). The van der Waals surface area contributed by atoms with Crippen molar-refractivity contribution in [2.45, 2.75) is 195 Å². The van der Waals surface area contributed by atoms with Gasteiger partial charge in [0.05, 0.1) is 58.0 Å². The smallest absolute Gasteiger partial charge is 0.220 e. The lowest BCUT2D eigenvalue weighted by atomic mass is 9.43. The monoisotopic (exact) mass is 1010 g/mol. The van der Waals surface area contributed by atoms with Crippen molar-refractivity contribution in [1.82, 2.24) is 10.6 Å². The Morgan fingerprint density at radius 1 is 0.528 bits per heavy atom. The van der Waals surface area contributed by atoms with E-state index in [1.165, 1.54) is 83.5 Å². The Morgan fingerprint density at radius 3 is 1.39 bits per heavy atom. The maximum absolute atomic E-state index is 12.5. The molecule has 0 bridgehead atoms. The van der Waals surface area contributed by atoms with E-state index < -0.39 is 0 Å². The van der Waals surface area contributed by atoms with Gasteiger partial charge < -0.3 is 44.2 Å². The summed E-state index contributed by atoms with van der Waals surface area (Å²) in [6.07, 6.45) is 24.2. The topological polar surface area (TPSA) is 134 Å². The van der Waals surface area contributed by atoms with E-state index in [4.69, 9.17) is 28.4 Å². The van der Waals surface area contributed by atoms with Gasteiger partial charge in [-0.05, 0) is 208 Å². The molecule has 0 unspecified atom stereocenters. The fourth-order valence-electron chi connectivity index (χ4n) is 19.3. The van der Waals surface area contributed by atoms with Crippen LogP contribution in [0.1, 0.15) is 177 Å². The van der Waals surface area contributed by atoms with Crippen LogP contribution in [0, 0.1) is 98.6 Å². The summed E-state index contributed by atoms with van der Waals surface area (Å²) in [7, 11) is 7.24. The van der Waals surface area contributed by atoms with Gasteiger partial charge >= 0.3 is 0 Å². The van der Waals surface area contributed by atoms with Gasteiger partial charge in [0.1, 0.15) is 0 Å². The molecule has 0 aromatic rings. The second-order valence-corrected chi connectivity index (χ2v) is 26.7. The number of methoxy groups -OCH3 is 4. The van der Waals surface area contributed by atoms with E-state index in [1.54, 1.807) is 14.2 Å². The Bertz CT molecular complexity index is 1580. The first-order chi connectivity index (χ1) is 34.5. The summed E-state index contributed by atoms with van der Waals surface area (Å²) in [4.78, 5) is 24.9. The lowest BCUT2D eigenvalue weighted by molar-refractivity contribution is -0.181. The van der Waals surface area contributed by atoms with Crippen molar-refractivity contribution in [3.8, 4) is 0 Å². The van der Waals surface area contributed by atoms with Gasteiger partial charge in [-0.3, -0.25) is 9.59 Å². The van der Waals surface area contributed by atoms with Gasteiger partial charge in [-0.25, -0.2) is 0 Å². The van der Waals surface area contributed by atoms with Crippen LogP contribution in [0.3, 0.4) is 0 Å². The van der Waals surface area contributed by atoms with Crippen molar-refractivity contribution in [2.24, 2.45) is 98.6 Å². The summed E-state index contributed by atoms with van der Waals surface area (Å²) in [6.45, 7) is 22.2. The molecule has 0 radical (unpaired) electrons. The summed E-state index contributed by atoms with van der Waals surface area (Å²) < 4.78 is 33.4. The molecule has 8 aliphatic carbocycles. The average Bonchev–Trinajstić information content (AvgIpc) is 3.91. The number of hydrogen-bond acceptors (Lipinski definition) is 9. The Morgan fingerprint density at radius 2 is 0.944 bits per heavy atom. The highest BCUT2D eigenvalue weighted by molar-refractivity contribution is 5.76. The number of amides is 2. The van der Waals surface area contributed by atoms with Gasteiger partial charge in [0.25, 0.3) is 0 Å². The standard InChI is InChI=1S/C31H55NO4.C30H53NO5/c1-21-11-13-30(3)23(19-21)20-27(35-6)29-25-9-8-24(31(25,4)14-12-26(29)30)22(2)7-10-28(33)32-15-16-36-18-17-34-5;1-20(6-9-27(33)31-14-15-36-17-16-34-4)23-7-8-24-28-25(11-13-30(23,24)3)29(2)12-10-22(32)18-21(29)19-26(28)35-5/h21-27,29H,7-20H2,1-6H3,(H,32,33);20-26,28,32H,6-19H2,1-5H3,(H,31,33)/t21-,22-,23+,24-,25+,26+,27-,29+,30+,31-;20-,21+,22-,23-,24+,25+,26-,28+,29+,30-/m11/s1. The van der Waals surface area contributed by atoms with Crippen LogP contribution >= 0.6 is 0 Å². The van der Waals surface area contributed by atoms with Gasteiger partial charge in [-0.1, -0.05) is 54.9 Å². The normalized spacial score (nSPS) is 42.8. The first kappa shape index (κ1) is 58.3. The third-order valence-electron chi connectivity index (χ3n) is 23.3. The van der Waals surface area contributed by atoms with Crippen molar-refractivity contribution < 1.29 is 43.1 Å². The van der Waals surface area contributed by atoms with E-state index >= 15 is 0 Å². The van der Waals surface area contributed by atoms with Crippen molar-refractivity contribution >= 4 is 11.8 Å². The minimum Gasteiger partial charge on any atom is -0.393 e. The Kier molecular flexibility index (Phi) is 21.0. The Balaban J connectivity index is 0.000000211. The molecule has 8 fully saturated rings. The second kappa shape index (κ2) is 25.9. The first-order valence-corrected chi connectivity index (χ1v) is 29.9. The molecule has 416 valence electrons. The van der Waals surface area contributed by atoms with Crippen molar-refractivity contribution in [3.63, 3.8) is 0 Å². The maximum Gasteiger partial charge on any atom is 0.220 e. The van der Waals surface area contributed by atoms with Crippen LogP contribution in [0.2, 0.25) is 0 Å². The Hall–Kier alpha value is -1.34. The molecule has 72 heavy (non-hydrogen) atoms. The summed E-state index contributed by atoms with van der Waals surface area (Å²) in [5.41, 5.74) is 1.62. The quantitative estimate of drug-likeness (QED) is 0.0907. The lowest BCUT2D eigenvalue weighted by Crippen LogP contribution is -2.59. The van der Waals surface area contributed by atoms with E-state index in [2.05, 4.69) is 59.1 Å². The number of carbonyl (C=O) groups excluding carboxylic acids is 2. The molecule has 11 heteroatoms. The number of aliphatic hydroxyl groups is 1. The number of carbonyl (C=O) groups is 2. The molecular formula is C61H108N2O9. The number of rotatable bonds is 22. The van der Waals surface area contributed by atoms with Crippen molar-refractivity contribution in [2.75, 3.05) is 81.2 Å². The molecule has 0 spiro atoms. The molecule has 0 heterocycles. The molecule has 8 aliphatic rings. The number of ether oxygens (including phenoxy) is 6. The van der Waals surface area contributed by atoms with Crippen LogP contribution in [0.15, 0.2) is 0 Å². The van der Waals surface area contributed by atoms with E-state index in [1.807, 2.05) is 14.2 Å². The molecule has 2 amide bonds. The van der Waals surface area contributed by atoms with Gasteiger partial charge in [-0.15, -0.1) is 0 Å². The highest BCUT2D eigenvalue weighted by atomic mass is 16.5. The fourth-order valence-corrected chi connectivity index (χ4v) is 19.3. The van der Waals surface area contributed by atoms with Gasteiger partial charge in [0, 0.05) is 54.4 Å². The molecule has 0 saturated heterocycles. The maximum atomic E-state index is 12.5. The van der Waals surface area contributed by atoms with Crippen LogP contribution in [-0.2, 0) is 38.0 Å². The fraction of sp³-hybridized carbons (Fsp3) is 0.967. The van der Waals surface area contributed by atoms with E-state index in [-0.39, 0.29) is 17.9 Å². The second-order valence-electron chi connectivity index (χ2n) is 26.7. The summed E-state index contributed by atoms with van der Waals surface area (Å²) in [5, 5.41) is 16.5. The SMILES string of the molecule is COCCOCCNC(=O)CC[C@@H](C)[C@H]1CC[C@H]2[C@@H]3[C@H](OC)C[C@@H]4C[C@H](C)CC[C@]4(C)[C@H]3CC[C@]12C.COCCOCCNC(=O)CC[C@@H](C)[C@H]1CC[C@H]2[C@@H]3[C@H](OC)C[C@@H]4C[C@H](O)CC[C@]4(C)[C@H]3CC[C@]12C. The van der Waals surface area contributed by atoms with Crippen LogP contribution in [0.25, 0.3) is 0 Å². The van der Waals surface area contributed by atoms with E-state index in [0.717, 1.165) is 79.4 Å². The largest absolute Gasteiger partial charge is 0.393 e. The van der Waals surface area contributed by atoms with Crippen LogP contribution in [-0.4, -0.2) is 116 Å².